The Kier molecular flexibility index (Phi) is 6.22. The lowest BCUT2D eigenvalue weighted by atomic mass is 10.1. The number of hydrogen-bond donors (Lipinski definition) is 1. The largest absolute Gasteiger partial charge is 0.497 e. The van der Waals surface area contributed by atoms with Crippen LogP contribution in [0, 0.1) is 0 Å². The van der Waals surface area contributed by atoms with Gasteiger partial charge in [0.15, 0.2) is 0 Å². The SMILES string of the molecule is C=CCCCOc1ccc(OC)cc1C=CC(=O)O. The maximum atomic E-state index is 10.6. The van der Waals surface area contributed by atoms with Crippen LogP contribution < -0.4 is 9.47 Å². The van der Waals surface area contributed by atoms with Gasteiger partial charge >= 0.3 is 5.97 Å². The van der Waals surface area contributed by atoms with Gasteiger partial charge in [-0.15, -0.1) is 6.58 Å². The summed E-state index contributed by atoms with van der Waals surface area (Å²) in [6, 6.07) is 5.29. The molecule has 1 N–H and O–H groups in total. The second-order valence-electron chi connectivity index (χ2n) is 3.85. The second kappa shape index (κ2) is 7.97. The molecular weight excluding hydrogens is 244 g/mol. The lowest BCUT2D eigenvalue weighted by Gasteiger charge is -2.10. The molecule has 0 radical (unpaired) electrons. The molecule has 102 valence electrons. The monoisotopic (exact) mass is 262 g/mol. The molecule has 19 heavy (non-hydrogen) atoms. The Morgan fingerprint density at radius 3 is 2.89 bits per heavy atom. The fraction of sp³-hybridized carbons (Fsp3) is 0.267. The lowest BCUT2D eigenvalue weighted by molar-refractivity contribution is -0.131. The van der Waals surface area contributed by atoms with Crippen molar-refractivity contribution in [1.82, 2.24) is 0 Å². The summed E-state index contributed by atoms with van der Waals surface area (Å²) in [5, 5.41) is 8.67. The van der Waals surface area contributed by atoms with E-state index in [-0.39, 0.29) is 0 Å². The Morgan fingerprint density at radius 2 is 2.26 bits per heavy atom. The number of unbranched alkanes of at least 4 members (excludes halogenated alkanes) is 1. The van der Waals surface area contributed by atoms with Gasteiger partial charge in [0.2, 0.25) is 0 Å². The minimum Gasteiger partial charge on any atom is -0.497 e. The first-order valence-corrected chi connectivity index (χ1v) is 6.00. The van der Waals surface area contributed by atoms with Crippen LogP contribution in [-0.4, -0.2) is 24.8 Å². The molecule has 0 fully saturated rings. The minimum absolute atomic E-state index is 0.562. The van der Waals surface area contributed by atoms with Crippen LogP contribution in [0.5, 0.6) is 11.5 Å². The molecule has 1 aromatic carbocycles. The number of allylic oxidation sites excluding steroid dienone is 1. The first kappa shape index (κ1) is 14.8. The number of benzene rings is 1. The molecule has 4 nitrogen and oxygen atoms in total. The molecule has 0 heterocycles. The van der Waals surface area contributed by atoms with Gasteiger partial charge in [-0.05, 0) is 37.1 Å². The highest BCUT2D eigenvalue weighted by molar-refractivity contribution is 5.86. The van der Waals surface area contributed by atoms with Crippen LogP contribution in [0.1, 0.15) is 18.4 Å². The van der Waals surface area contributed by atoms with E-state index in [9.17, 15) is 4.79 Å². The smallest absolute Gasteiger partial charge is 0.328 e. The van der Waals surface area contributed by atoms with Crippen LogP contribution >= 0.6 is 0 Å². The van der Waals surface area contributed by atoms with Gasteiger partial charge in [0.25, 0.3) is 0 Å². The zero-order chi connectivity index (χ0) is 14.1. The van der Waals surface area contributed by atoms with Crippen molar-refractivity contribution in [3.05, 3.63) is 42.5 Å². The van der Waals surface area contributed by atoms with Crippen LogP contribution in [0.15, 0.2) is 36.9 Å². The number of carboxylic acid groups (broad SMARTS) is 1. The van der Waals surface area contributed by atoms with Crippen molar-refractivity contribution in [3.63, 3.8) is 0 Å². The molecular formula is C15H18O4. The molecule has 0 aromatic heterocycles. The molecule has 4 heteroatoms. The molecule has 0 atom stereocenters. The summed E-state index contributed by atoms with van der Waals surface area (Å²) in [6.45, 7) is 4.21. The summed E-state index contributed by atoms with van der Waals surface area (Å²) >= 11 is 0. The molecule has 0 aliphatic heterocycles. The van der Waals surface area contributed by atoms with E-state index in [0.29, 0.717) is 23.7 Å². The first-order chi connectivity index (χ1) is 9.17. The molecule has 0 bridgehead atoms. The predicted octanol–water partition coefficient (Wildman–Crippen LogP) is 3.14. The van der Waals surface area contributed by atoms with E-state index < -0.39 is 5.97 Å². The van der Waals surface area contributed by atoms with Gasteiger partial charge in [0.05, 0.1) is 13.7 Å². The summed E-state index contributed by atoms with van der Waals surface area (Å²) < 4.78 is 10.7. The van der Waals surface area contributed by atoms with Crippen molar-refractivity contribution < 1.29 is 19.4 Å². The van der Waals surface area contributed by atoms with Gasteiger partial charge in [0.1, 0.15) is 11.5 Å². The molecule has 0 saturated heterocycles. The number of ether oxygens (including phenoxy) is 2. The lowest BCUT2D eigenvalue weighted by Crippen LogP contribution is -1.99. The number of carboxylic acids is 1. The van der Waals surface area contributed by atoms with Gasteiger partial charge in [-0.3, -0.25) is 0 Å². The summed E-state index contributed by atoms with van der Waals surface area (Å²) in [5.41, 5.74) is 0.681. The molecule has 1 aromatic rings. The zero-order valence-electron chi connectivity index (χ0n) is 11.0. The van der Waals surface area contributed by atoms with Gasteiger partial charge in [-0.2, -0.15) is 0 Å². The van der Waals surface area contributed by atoms with Crippen LogP contribution in [0.25, 0.3) is 6.08 Å². The third kappa shape index (κ3) is 5.29. The van der Waals surface area contributed by atoms with E-state index in [4.69, 9.17) is 14.6 Å². The van der Waals surface area contributed by atoms with Crippen molar-refractivity contribution >= 4 is 12.0 Å². The molecule has 0 saturated carbocycles. The summed E-state index contributed by atoms with van der Waals surface area (Å²) in [5.74, 6) is 0.297. The van der Waals surface area contributed by atoms with Crippen molar-refractivity contribution in [1.29, 1.82) is 0 Å². The molecule has 0 unspecified atom stereocenters. The van der Waals surface area contributed by atoms with E-state index in [1.54, 1.807) is 25.3 Å². The Labute approximate surface area is 113 Å². The fourth-order valence-corrected chi connectivity index (χ4v) is 1.49. The zero-order valence-corrected chi connectivity index (χ0v) is 11.0. The minimum atomic E-state index is -1.000. The van der Waals surface area contributed by atoms with Crippen LogP contribution in [0.3, 0.4) is 0 Å². The summed E-state index contributed by atoms with van der Waals surface area (Å²) in [7, 11) is 1.56. The third-order valence-corrected chi connectivity index (χ3v) is 2.43. The second-order valence-corrected chi connectivity index (χ2v) is 3.85. The number of carbonyl (C=O) groups is 1. The average Bonchev–Trinajstić information content (AvgIpc) is 2.42. The molecule has 0 spiro atoms. The van der Waals surface area contributed by atoms with Crippen molar-refractivity contribution in [2.45, 2.75) is 12.8 Å². The summed E-state index contributed by atoms with van der Waals surface area (Å²) in [4.78, 5) is 10.6. The van der Waals surface area contributed by atoms with Crippen molar-refractivity contribution in [2.24, 2.45) is 0 Å². The van der Waals surface area contributed by atoms with Crippen molar-refractivity contribution in [2.75, 3.05) is 13.7 Å². The maximum absolute atomic E-state index is 10.6. The molecule has 1 rings (SSSR count). The molecule has 0 aliphatic rings. The number of methoxy groups -OCH3 is 1. The standard InChI is InChI=1S/C15H18O4/c1-3-4-5-10-19-14-8-7-13(18-2)11-12(14)6-9-15(16)17/h3,6-9,11H,1,4-5,10H2,2H3,(H,16,17). The predicted molar refractivity (Wildman–Crippen MR) is 74.6 cm³/mol. The Morgan fingerprint density at radius 1 is 1.47 bits per heavy atom. The summed E-state index contributed by atoms with van der Waals surface area (Å²) in [6.07, 6.45) is 6.16. The maximum Gasteiger partial charge on any atom is 0.328 e. The van der Waals surface area contributed by atoms with E-state index in [1.807, 2.05) is 6.08 Å². The molecule has 0 amide bonds. The van der Waals surface area contributed by atoms with E-state index >= 15 is 0 Å². The van der Waals surface area contributed by atoms with Gasteiger partial charge in [-0.25, -0.2) is 4.79 Å². The van der Waals surface area contributed by atoms with E-state index in [0.717, 1.165) is 18.9 Å². The first-order valence-electron chi connectivity index (χ1n) is 6.00. The van der Waals surface area contributed by atoms with E-state index in [2.05, 4.69) is 6.58 Å². The van der Waals surface area contributed by atoms with Crippen molar-refractivity contribution in [3.8, 4) is 11.5 Å². The normalized spacial score (nSPS) is 10.4. The highest BCUT2D eigenvalue weighted by atomic mass is 16.5. The van der Waals surface area contributed by atoms with Gasteiger partial charge < -0.3 is 14.6 Å². The topological polar surface area (TPSA) is 55.8 Å². The van der Waals surface area contributed by atoms with Crippen LogP contribution in [-0.2, 0) is 4.79 Å². The van der Waals surface area contributed by atoms with E-state index in [1.165, 1.54) is 6.08 Å². The van der Waals surface area contributed by atoms with Crippen LogP contribution in [0.2, 0.25) is 0 Å². The quantitative estimate of drug-likeness (QED) is 0.444. The third-order valence-electron chi connectivity index (χ3n) is 2.43. The van der Waals surface area contributed by atoms with Crippen LogP contribution in [0.4, 0.5) is 0 Å². The number of aliphatic carboxylic acids is 1. The fourth-order valence-electron chi connectivity index (χ4n) is 1.49. The highest BCUT2D eigenvalue weighted by Gasteiger charge is 2.04. The van der Waals surface area contributed by atoms with Gasteiger partial charge in [-0.1, -0.05) is 6.08 Å². The number of hydrogen-bond acceptors (Lipinski definition) is 3. The highest BCUT2D eigenvalue weighted by Crippen LogP contribution is 2.25. The van der Waals surface area contributed by atoms with Gasteiger partial charge in [0, 0.05) is 11.6 Å². The molecule has 0 aliphatic carbocycles. The Balaban J connectivity index is 2.82. The Bertz CT molecular complexity index is 463. The average molecular weight is 262 g/mol. The number of rotatable bonds is 8. The Hall–Kier alpha value is -2.23.